The molecule has 0 unspecified atom stereocenters. The van der Waals surface area contributed by atoms with Gasteiger partial charge in [-0.25, -0.2) is 4.39 Å². The van der Waals surface area contributed by atoms with E-state index in [0.717, 1.165) is 17.1 Å². The zero-order valence-electron chi connectivity index (χ0n) is 17.7. The molecule has 5 nitrogen and oxygen atoms in total. The lowest BCUT2D eigenvalue weighted by atomic mass is 10.2. The first-order valence-electron chi connectivity index (χ1n) is 10.1. The van der Waals surface area contributed by atoms with Crippen molar-refractivity contribution in [1.29, 1.82) is 0 Å². The third-order valence-corrected chi connectivity index (χ3v) is 6.02. The maximum absolute atomic E-state index is 13.6. The van der Waals surface area contributed by atoms with Gasteiger partial charge in [0.1, 0.15) is 36.3 Å². The molecule has 0 bridgehead atoms. The van der Waals surface area contributed by atoms with Crippen LogP contribution in [0.5, 0.6) is 17.2 Å². The number of methoxy groups -OCH3 is 1. The van der Waals surface area contributed by atoms with E-state index >= 15 is 0 Å². The van der Waals surface area contributed by atoms with Crippen molar-refractivity contribution in [3.05, 3.63) is 89.1 Å². The second-order valence-electron chi connectivity index (χ2n) is 6.94. The van der Waals surface area contributed by atoms with Crippen molar-refractivity contribution in [2.45, 2.75) is 0 Å². The third kappa shape index (κ3) is 5.71. The minimum Gasteiger partial charge on any atom is -0.497 e. The van der Waals surface area contributed by atoms with Gasteiger partial charge in [-0.3, -0.25) is 9.69 Å². The number of ether oxygens (including phenoxy) is 3. The average Bonchev–Trinajstić information content (AvgIpc) is 3.10. The topological polar surface area (TPSA) is 48.0 Å². The smallest absolute Gasteiger partial charge is 0.270 e. The Morgan fingerprint density at radius 3 is 2.15 bits per heavy atom. The second kappa shape index (κ2) is 10.5. The minimum absolute atomic E-state index is 0.272. The number of thioether (sulfide) groups is 1. The van der Waals surface area contributed by atoms with Gasteiger partial charge in [0.2, 0.25) is 0 Å². The third-order valence-electron chi connectivity index (χ3n) is 4.72. The molecule has 1 aliphatic heterocycles. The number of hydrogen-bond donors (Lipinski definition) is 0. The molecule has 0 N–H and O–H groups in total. The largest absolute Gasteiger partial charge is 0.497 e. The van der Waals surface area contributed by atoms with Gasteiger partial charge >= 0.3 is 0 Å². The van der Waals surface area contributed by atoms with Crippen molar-refractivity contribution in [3.63, 3.8) is 0 Å². The van der Waals surface area contributed by atoms with Crippen LogP contribution in [0.3, 0.4) is 0 Å². The molecule has 3 aromatic rings. The summed E-state index contributed by atoms with van der Waals surface area (Å²) in [6.45, 7) is 0.786. The molecule has 168 valence electrons. The molecular formula is C25H20FNO4S2. The highest BCUT2D eigenvalue weighted by atomic mass is 32.2. The lowest BCUT2D eigenvalue weighted by Gasteiger charge is -2.14. The molecule has 0 aromatic heterocycles. The molecule has 0 atom stereocenters. The number of anilines is 1. The zero-order chi connectivity index (χ0) is 23.2. The van der Waals surface area contributed by atoms with Crippen molar-refractivity contribution in [2.24, 2.45) is 0 Å². The standard InChI is InChI=1S/C25H20FNO4S2/c1-29-20-9-11-22(12-10-20)31-14-13-30-21-7-5-17(6-8-21)15-23-24(28)27(25(32)33-23)19-4-2-3-18(26)16-19/h2-12,15-16H,13-14H2,1H3/b23-15-. The van der Waals surface area contributed by atoms with Crippen LogP contribution in [0.15, 0.2) is 77.7 Å². The van der Waals surface area contributed by atoms with E-state index in [4.69, 9.17) is 26.4 Å². The van der Waals surface area contributed by atoms with Crippen molar-refractivity contribution in [3.8, 4) is 17.2 Å². The van der Waals surface area contributed by atoms with Gasteiger partial charge in [0, 0.05) is 0 Å². The van der Waals surface area contributed by atoms with E-state index in [2.05, 4.69) is 0 Å². The Bertz CT molecular complexity index is 1180. The summed E-state index contributed by atoms with van der Waals surface area (Å²) in [5.41, 5.74) is 1.25. The molecule has 3 aromatic carbocycles. The molecule has 0 radical (unpaired) electrons. The molecular weight excluding hydrogens is 461 g/mol. The Balaban J connectivity index is 1.32. The van der Waals surface area contributed by atoms with Crippen LogP contribution in [0.25, 0.3) is 6.08 Å². The summed E-state index contributed by atoms with van der Waals surface area (Å²) in [6, 6.07) is 20.5. The van der Waals surface area contributed by atoms with Crippen LogP contribution in [0.1, 0.15) is 5.56 Å². The van der Waals surface area contributed by atoms with Gasteiger partial charge in [0.05, 0.1) is 17.7 Å². The Kier molecular flexibility index (Phi) is 7.26. The normalized spacial score (nSPS) is 14.6. The molecule has 0 saturated carbocycles. The fourth-order valence-electron chi connectivity index (χ4n) is 3.11. The molecule has 33 heavy (non-hydrogen) atoms. The summed E-state index contributed by atoms with van der Waals surface area (Å²) in [7, 11) is 1.62. The van der Waals surface area contributed by atoms with Crippen LogP contribution in [0.4, 0.5) is 10.1 Å². The summed E-state index contributed by atoms with van der Waals surface area (Å²) in [5, 5.41) is 0. The van der Waals surface area contributed by atoms with Crippen LogP contribution in [-0.4, -0.2) is 30.6 Å². The highest BCUT2D eigenvalue weighted by molar-refractivity contribution is 8.27. The molecule has 4 rings (SSSR count). The van der Waals surface area contributed by atoms with E-state index in [-0.39, 0.29) is 5.91 Å². The first-order valence-corrected chi connectivity index (χ1v) is 11.3. The maximum Gasteiger partial charge on any atom is 0.270 e. The van der Waals surface area contributed by atoms with Gasteiger partial charge in [0.25, 0.3) is 5.91 Å². The van der Waals surface area contributed by atoms with Crippen molar-refractivity contribution < 1.29 is 23.4 Å². The zero-order valence-corrected chi connectivity index (χ0v) is 19.3. The molecule has 0 aliphatic carbocycles. The highest BCUT2D eigenvalue weighted by Gasteiger charge is 2.33. The van der Waals surface area contributed by atoms with Crippen molar-refractivity contribution >= 4 is 46.0 Å². The number of carbonyl (C=O) groups is 1. The number of thiocarbonyl (C=S) groups is 1. The lowest BCUT2D eigenvalue weighted by molar-refractivity contribution is -0.113. The highest BCUT2D eigenvalue weighted by Crippen LogP contribution is 2.36. The summed E-state index contributed by atoms with van der Waals surface area (Å²) < 4.78 is 30.4. The summed E-state index contributed by atoms with van der Waals surface area (Å²) in [6.07, 6.45) is 1.76. The van der Waals surface area contributed by atoms with Gasteiger partial charge in [-0.2, -0.15) is 0 Å². The Morgan fingerprint density at radius 1 is 0.939 bits per heavy atom. The van der Waals surface area contributed by atoms with Crippen molar-refractivity contribution in [2.75, 3.05) is 25.2 Å². The Hall–Kier alpha value is -3.36. The fourth-order valence-corrected chi connectivity index (χ4v) is 4.41. The first kappa shape index (κ1) is 22.8. The predicted octanol–water partition coefficient (Wildman–Crippen LogP) is 5.70. The molecule has 1 fully saturated rings. The number of halogens is 1. The van der Waals surface area contributed by atoms with Crippen LogP contribution in [0.2, 0.25) is 0 Å². The maximum atomic E-state index is 13.6. The number of nitrogens with zero attached hydrogens (tertiary/aromatic N) is 1. The van der Waals surface area contributed by atoms with Crippen LogP contribution in [-0.2, 0) is 4.79 Å². The average molecular weight is 482 g/mol. The number of rotatable bonds is 8. The van der Waals surface area contributed by atoms with Crippen LogP contribution < -0.4 is 19.1 Å². The monoisotopic (exact) mass is 481 g/mol. The quantitative estimate of drug-likeness (QED) is 0.234. The molecule has 1 heterocycles. The van der Waals surface area contributed by atoms with E-state index in [0.29, 0.717) is 33.9 Å². The fraction of sp³-hybridized carbons (Fsp3) is 0.120. The summed E-state index contributed by atoms with van der Waals surface area (Å²) >= 11 is 6.52. The van der Waals surface area contributed by atoms with Gasteiger partial charge in [-0.1, -0.05) is 42.2 Å². The van der Waals surface area contributed by atoms with Crippen LogP contribution >= 0.6 is 24.0 Å². The van der Waals surface area contributed by atoms with Gasteiger partial charge in [-0.05, 0) is 66.2 Å². The number of amides is 1. The van der Waals surface area contributed by atoms with Gasteiger partial charge in [-0.15, -0.1) is 0 Å². The van der Waals surface area contributed by atoms with E-state index in [1.54, 1.807) is 25.3 Å². The van der Waals surface area contributed by atoms with Crippen LogP contribution in [0, 0.1) is 5.82 Å². The number of carbonyl (C=O) groups excluding carboxylic acids is 1. The number of benzene rings is 3. The Morgan fingerprint density at radius 2 is 1.55 bits per heavy atom. The predicted molar refractivity (Wildman–Crippen MR) is 132 cm³/mol. The van der Waals surface area contributed by atoms with E-state index < -0.39 is 5.82 Å². The van der Waals surface area contributed by atoms with E-state index in [1.807, 2.05) is 48.5 Å². The molecule has 1 aliphatic rings. The SMILES string of the molecule is COc1ccc(OCCOc2ccc(/C=C3\SC(=S)N(c4cccc(F)c4)C3=O)cc2)cc1. The van der Waals surface area contributed by atoms with Gasteiger partial charge < -0.3 is 14.2 Å². The second-order valence-corrected chi connectivity index (χ2v) is 8.61. The van der Waals surface area contributed by atoms with Gasteiger partial charge in [0.15, 0.2) is 4.32 Å². The van der Waals surface area contributed by atoms with E-state index in [9.17, 15) is 9.18 Å². The lowest BCUT2D eigenvalue weighted by Crippen LogP contribution is -2.27. The Labute approximate surface area is 200 Å². The molecule has 1 saturated heterocycles. The summed E-state index contributed by atoms with van der Waals surface area (Å²) in [4.78, 5) is 14.6. The first-order chi connectivity index (χ1) is 16.0. The summed E-state index contributed by atoms with van der Waals surface area (Å²) in [5.74, 6) is 1.51. The molecule has 1 amide bonds. The van der Waals surface area contributed by atoms with Crippen molar-refractivity contribution in [1.82, 2.24) is 0 Å². The molecule has 8 heteroatoms. The van der Waals surface area contributed by atoms with E-state index in [1.165, 1.54) is 28.8 Å². The molecule has 0 spiro atoms. The minimum atomic E-state index is -0.421. The number of hydrogen-bond acceptors (Lipinski definition) is 6.